The quantitative estimate of drug-likeness (QED) is 0.800. The molecular formula is C15H11ClF2N2O3. The van der Waals surface area contributed by atoms with Crippen molar-refractivity contribution in [3.8, 4) is 5.75 Å². The van der Waals surface area contributed by atoms with Gasteiger partial charge in [0.2, 0.25) is 5.91 Å². The lowest BCUT2D eigenvalue weighted by Gasteiger charge is -2.08. The summed E-state index contributed by atoms with van der Waals surface area (Å²) in [4.78, 5) is 23.5. The maximum atomic E-state index is 13.0. The molecule has 0 atom stereocenters. The third-order valence-electron chi connectivity index (χ3n) is 2.82. The van der Waals surface area contributed by atoms with E-state index >= 15 is 0 Å². The Morgan fingerprint density at radius 1 is 1.09 bits per heavy atom. The third kappa shape index (κ3) is 4.40. The molecular weight excluding hydrogens is 330 g/mol. The number of nitrogens with one attached hydrogen (secondary N) is 2. The number of aromatic hydroxyl groups is 1. The second-order valence-corrected chi connectivity index (χ2v) is 4.96. The van der Waals surface area contributed by atoms with Gasteiger partial charge in [0, 0.05) is 16.8 Å². The van der Waals surface area contributed by atoms with E-state index in [9.17, 15) is 23.5 Å². The number of carbonyl (C=O) groups is 2. The first kappa shape index (κ1) is 16.7. The summed E-state index contributed by atoms with van der Waals surface area (Å²) in [6.07, 6.45) is 0. The van der Waals surface area contributed by atoms with Gasteiger partial charge in [-0.3, -0.25) is 9.59 Å². The fourth-order valence-corrected chi connectivity index (χ4v) is 1.90. The average molecular weight is 341 g/mol. The lowest BCUT2D eigenvalue weighted by atomic mass is 10.2. The summed E-state index contributed by atoms with van der Waals surface area (Å²) in [6, 6.07) is 6.77. The van der Waals surface area contributed by atoms with Crippen LogP contribution >= 0.6 is 11.6 Å². The van der Waals surface area contributed by atoms with Crippen molar-refractivity contribution in [3.05, 3.63) is 58.6 Å². The van der Waals surface area contributed by atoms with Crippen LogP contribution in [0.1, 0.15) is 10.4 Å². The zero-order chi connectivity index (χ0) is 17.0. The molecule has 0 aliphatic carbocycles. The number of halogens is 3. The van der Waals surface area contributed by atoms with Crippen LogP contribution in [0.25, 0.3) is 0 Å². The fraction of sp³-hybridized carbons (Fsp3) is 0.0667. The Morgan fingerprint density at radius 3 is 2.52 bits per heavy atom. The van der Waals surface area contributed by atoms with E-state index in [2.05, 4.69) is 10.6 Å². The second-order valence-electron chi connectivity index (χ2n) is 4.52. The van der Waals surface area contributed by atoms with Gasteiger partial charge in [0.05, 0.1) is 12.1 Å². The molecule has 0 bridgehead atoms. The first-order chi connectivity index (χ1) is 10.9. The van der Waals surface area contributed by atoms with E-state index in [4.69, 9.17) is 11.6 Å². The SMILES string of the molecule is O=C(CNC(=O)c1cc(Cl)ccc1O)Nc1ccc(F)c(F)c1. The fourth-order valence-electron chi connectivity index (χ4n) is 1.72. The van der Waals surface area contributed by atoms with Crippen LogP contribution in [0.2, 0.25) is 5.02 Å². The van der Waals surface area contributed by atoms with Gasteiger partial charge in [-0.15, -0.1) is 0 Å². The molecule has 0 radical (unpaired) electrons. The number of hydrogen-bond acceptors (Lipinski definition) is 3. The summed E-state index contributed by atoms with van der Waals surface area (Å²) in [5.74, 6) is -3.77. The molecule has 2 aromatic carbocycles. The highest BCUT2D eigenvalue weighted by Gasteiger charge is 2.13. The summed E-state index contributed by atoms with van der Waals surface area (Å²) in [7, 11) is 0. The Bertz CT molecular complexity index is 768. The summed E-state index contributed by atoms with van der Waals surface area (Å²) in [5, 5.41) is 14.4. The van der Waals surface area contributed by atoms with Crippen molar-refractivity contribution < 1.29 is 23.5 Å². The second kappa shape index (κ2) is 7.06. The van der Waals surface area contributed by atoms with Crippen LogP contribution < -0.4 is 10.6 Å². The van der Waals surface area contributed by atoms with Crippen LogP contribution in [-0.2, 0) is 4.79 Å². The highest BCUT2D eigenvalue weighted by atomic mass is 35.5. The first-order valence-corrected chi connectivity index (χ1v) is 6.76. The molecule has 0 aliphatic heterocycles. The number of amides is 2. The summed E-state index contributed by atoms with van der Waals surface area (Å²) >= 11 is 5.72. The van der Waals surface area contributed by atoms with Gasteiger partial charge in [-0.25, -0.2) is 8.78 Å². The van der Waals surface area contributed by atoms with E-state index in [0.29, 0.717) is 0 Å². The molecule has 2 aromatic rings. The number of phenols is 1. The molecule has 0 aromatic heterocycles. The van der Waals surface area contributed by atoms with E-state index < -0.39 is 30.0 Å². The van der Waals surface area contributed by atoms with Gasteiger partial charge in [0.25, 0.3) is 5.91 Å². The molecule has 0 fully saturated rings. The van der Waals surface area contributed by atoms with Crippen LogP contribution in [0.3, 0.4) is 0 Å². The average Bonchev–Trinajstić information content (AvgIpc) is 2.51. The molecule has 0 aliphatic rings. The van der Waals surface area contributed by atoms with Crippen molar-refractivity contribution in [1.82, 2.24) is 5.32 Å². The van der Waals surface area contributed by atoms with Gasteiger partial charge in [-0.05, 0) is 30.3 Å². The Hall–Kier alpha value is -2.67. The number of carbonyl (C=O) groups excluding carboxylic acids is 2. The normalized spacial score (nSPS) is 10.2. The largest absolute Gasteiger partial charge is 0.507 e. The lowest BCUT2D eigenvalue weighted by molar-refractivity contribution is -0.115. The molecule has 3 N–H and O–H groups in total. The van der Waals surface area contributed by atoms with Crippen molar-refractivity contribution in [3.63, 3.8) is 0 Å². The topological polar surface area (TPSA) is 78.4 Å². The van der Waals surface area contributed by atoms with E-state index in [1.807, 2.05) is 0 Å². The van der Waals surface area contributed by atoms with E-state index in [-0.39, 0.29) is 22.0 Å². The lowest BCUT2D eigenvalue weighted by Crippen LogP contribution is -2.32. The zero-order valence-corrected chi connectivity index (χ0v) is 12.3. The number of hydrogen-bond donors (Lipinski definition) is 3. The van der Waals surface area contributed by atoms with Crippen LogP contribution in [0.5, 0.6) is 5.75 Å². The maximum absolute atomic E-state index is 13.0. The van der Waals surface area contributed by atoms with Crippen molar-refractivity contribution in [2.45, 2.75) is 0 Å². The van der Waals surface area contributed by atoms with Crippen molar-refractivity contribution in [2.24, 2.45) is 0 Å². The smallest absolute Gasteiger partial charge is 0.255 e. The molecule has 2 rings (SSSR count). The van der Waals surface area contributed by atoms with Crippen LogP contribution in [0.4, 0.5) is 14.5 Å². The van der Waals surface area contributed by atoms with Crippen LogP contribution in [-0.4, -0.2) is 23.5 Å². The summed E-state index contributed by atoms with van der Waals surface area (Å²) in [5.41, 5.74) is -0.0353. The van der Waals surface area contributed by atoms with Gasteiger partial charge < -0.3 is 15.7 Å². The minimum atomic E-state index is -1.10. The number of benzene rings is 2. The molecule has 0 heterocycles. The van der Waals surface area contributed by atoms with E-state index in [1.165, 1.54) is 24.3 Å². The first-order valence-electron chi connectivity index (χ1n) is 6.38. The molecule has 23 heavy (non-hydrogen) atoms. The van der Waals surface area contributed by atoms with Gasteiger partial charge in [-0.2, -0.15) is 0 Å². The molecule has 2 amide bonds. The molecule has 0 saturated heterocycles. The molecule has 8 heteroatoms. The third-order valence-corrected chi connectivity index (χ3v) is 3.05. The van der Waals surface area contributed by atoms with Crippen molar-refractivity contribution in [1.29, 1.82) is 0 Å². The maximum Gasteiger partial charge on any atom is 0.255 e. The van der Waals surface area contributed by atoms with Crippen molar-refractivity contribution >= 4 is 29.1 Å². The molecule has 120 valence electrons. The van der Waals surface area contributed by atoms with E-state index in [1.54, 1.807) is 0 Å². The molecule has 0 saturated carbocycles. The standard InChI is InChI=1S/C15H11ClF2N2O3/c16-8-1-4-13(21)10(5-8)15(23)19-7-14(22)20-9-2-3-11(17)12(18)6-9/h1-6,21H,7H2,(H,19,23)(H,20,22). The van der Waals surface area contributed by atoms with Crippen LogP contribution in [0, 0.1) is 11.6 Å². The van der Waals surface area contributed by atoms with Crippen LogP contribution in [0.15, 0.2) is 36.4 Å². The summed E-state index contributed by atoms with van der Waals surface area (Å²) < 4.78 is 25.8. The summed E-state index contributed by atoms with van der Waals surface area (Å²) in [6.45, 7) is -0.427. The zero-order valence-electron chi connectivity index (χ0n) is 11.6. The molecule has 0 unspecified atom stereocenters. The van der Waals surface area contributed by atoms with Crippen molar-refractivity contribution in [2.75, 3.05) is 11.9 Å². The number of rotatable bonds is 4. The van der Waals surface area contributed by atoms with E-state index in [0.717, 1.165) is 12.1 Å². The van der Waals surface area contributed by atoms with Gasteiger partial charge in [0.15, 0.2) is 11.6 Å². The molecule has 5 nitrogen and oxygen atoms in total. The monoisotopic (exact) mass is 340 g/mol. The predicted octanol–water partition coefficient (Wildman–Crippen LogP) is 2.69. The Balaban J connectivity index is 1.94. The minimum absolute atomic E-state index is 0.0498. The molecule has 0 spiro atoms. The highest BCUT2D eigenvalue weighted by Crippen LogP contribution is 2.21. The number of anilines is 1. The van der Waals surface area contributed by atoms with Gasteiger partial charge >= 0.3 is 0 Å². The number of phenolic OH excluding ortho intramolecular Hbond substituents is 1. The highest BCUT2D eigenvalue weighted by molar-refractivity contribution is 6.31. The Morgan fingerprint density at radius 2 is 1.83 bits per heavy atom. The Kier molecular flexibility index (Phi) is 5.13. The Labute approximate surface area is 134 Å². The van der Waals surface area contributed by atoms with Gasteiger partial charge in [0.1, 0.15) is 5.75 Å². The van der Waals surface area contributed by atoms with Gasteiger partial charge in [-0.1, -0.05) is 11.6 Å². The minimum Gasteiger partial charge on any atom is -0.507 e. The predicted molar refractivity (Wildman–Crippen MR) is 80.4 cm³/mol.